The minimum Gasteiger partial charge on any atom is -0.507 e. The molecule has 0 saturated heterocycles. The molecule has 18 heavy (non-hydrogen) atoms. The third-order valence-electron chi connectivity index (χ3n) is 2.57. The molecule has 0 saturated carbocycles. The molecule has 1 rings (SSSR count). The van der Waals surface area contributed by atoms with Crippen LogP contribution in [0.1, 0.15) is 36.1 Å². The van der Waals surface area contributed by atoms with Gasteiger partial charge in [0, 0.05) is 11.6 Å². The Balaban J connectivity index is 0.00000289. The zero-order chi connectivity index (χ0) is 13.0. The van der Waals surface area contributed by atoms with E-state index in [1.807, 2.05) is 19.9 Å². The largest absolute Gasteiger partial charge is 0.507 e. The first kappa shape index (κ1) is 16.7. The maximum atomic E-state index is 11.3. The molecule has 1 aromatic rings. The maximum Gasteiger partial charge on any atom is 0.307 e. The van der Waals surface area contributed by atoms with Crippen LogP contribution in [0.2, 0.25) is 0 Å². The molecule has 0 spiro atoms. The predicted octanol–water partition coefficient (Wildman–Crippen LogP) is 2.38. The standard InChI is InChI=1S/C13H19NO3.ClH/c1-4-17-12(15)7-11(14)10-6-8(2)5-9(3)13(10)16;/h5-6,11,16H,4,7,14H2,1-3H3;1H/t11-;/m1./s1. The van der Waals surface area contributed by atoms with Crippen molar-refractivity contribution in [2.45, 2.75) is 33.2 Å². The van der Waals surface area contributed by atoms with E-state index in [4.69, 9.17) is 10.5 Å². The van der Waals surface area contributed by atoms with Crippen LogP contribution in [0.4, 0.5) is 0 Å². The Morgan fingerprint density at radius 3 is 2.61 bits per heavy atom. The summed E-state index contributed by atoms with van der Waals surface area (Å²) < 4.78 is 4.83. The number of aryl methyl sites for hydroxylation is 2. The van der Waals surface area contributed by atoms with E-state index < -0.39 is 6.04 Å². The molecular weight excluding hydrogens is 254 g/mol. The monoisotopic (exact) mass is 273 g/mol. The van der Waals surface area contributed by atoms with Crippen molar-refractivity contribution >= 4 is 18.4 Å². The van der Waals surface area contributed by atoms with Crippen molar-refractivity contribution in [3.63, 3.8) is 0 Å². The van der Waals surface area contributed by atoms with Crippen LogP contribution >= 0.6 is 12.4 Å². The number of benzene rings is 1. The van der Waals surface area contributed by atoms with Gasteiger partial charge in [0.2, 0.25) is 0 Å². The number of esters is 1. The molecule has 0 aliphatic carbocycles. The molecule has 0 heterocycles. The third-order valence-corrected chi connectivity index (χ3v) is 2.57. The van der Waals surface area contributed by atoms with E-state index in [2.05, 4.69) is 0 Å². The molecule has 5 heteroatoms. The van der Waals surface area contributed by atoms with Crippen LogP contribution in [0.3, 0.4) is 0 Å². The lowest BCUT2D eigenvalue weighted by Gasteiger charge is -2.15. The van der Waals surface area contributed by atoms with Gasteiger partial charge in [-0.15, -0.1) is 12.4 Å². The van der Waals surface area contributed by atoms with E-state index in [0.29, 0.717) is 12.2 Å². The average molecular weight is 274 g/mol. The van der Waals surface area contributed by atoms with Crippen molar-refractivity contribution in [3.8, 4) is 5.75 Å². The highest BCUT2D eigenvalue weighted by atomic mass is 35.5. The summed E-state index contributed by atoms with van der Waals surface area (Å²) >= 11 is 0. The Hall–Kier alpha value is -1.26. The van der Waals surface area contributed by atoms with Gasteiger partial charge in [-0.2, -0.15) is 0 Å². The van der Waals surface area contributed by atoms with E-state index in [0.717, 1.165) is 11.1 Å². The fourth-order valence-corrected chi connectivity index (χ4v) is 1.78. The number of phenols is 1. The van der Waals surface area contributed by atoms with Crippen LogP contribution in [0.5, 0.6) is 5.75 Å². The fourth-order valence-electron chi connectivity index (χ4n) is 1.78. The summed E-state index contributed by atoms with van der Waals surface area (Å²) in [6, 6.07) is 3.13. The molecule has 0 aliphatic rings. The molecule has 4 nitrogen and oxygen atoms in total. The number of carbonyl (C=O) groups is 1. The number of hydrogen-bond acceptors (Lipinski definition) is 4. The second-order valence-electron chi connectivity index (χ2n) is 4.14. The first-order valence-electron chi connectivity index (χ1n) is 5.67. The van der Waals surface area contributed by atoms with E-state index in [9.17, 15) is 9.90 Å². The summed E-state index contributed by atoms with van der Waals surface area (Å²) in [5.41, 5.74) is 8.27. The fraction of sp³-hybridized carbons (Fsp3) is 0.462. The van der Waals surface area contributed by atoms with Crippen LogP contribution < -0.4 is 5.73 Å². The van der Waals surface area contributed by atoms with Crippen molar-refractivity contribution in [2.75, 3.05) is 6.61 Å². The molecule has 3 N–H and O–H groups in total. The predicted molar refractivity (Wildman–Crippen MR) is 73.0 cm³/mol. The van der Waals surface area contributed by atoms with Gasteiger partial charge in [0.15, 0.2) is 0 Å². The second kappa shape index (κ2) is 7.24. The van der Waals surface area contributed by atoms with Gasteiger partial charge in [0.25, 0.3) is 0 Å². The summed E-state index contributed by atoms with van der Waals surface area (Å²) in [5.74, 6) is -0.189. The lowest BCUT2D eigenvalue weighted by atomic mass is 9.98. The quantitative estimate of drug-likeness (QED) is 0.826. The Bertz CT molecular complexity index is 421. The van der Waals surface area contributed by atoms with E-state index >= 15 is 0 Å². The number of aromatic hydroxyl groups is 1. The number of rotatable bonds is 4. The smallest absolute Gasteiger partial charge is 0.307 e. The zero-order valence-corrected chi connectivity index (χ0v) is 11.7. The average Bonchev–Trinajstić information content (AvgIpc) is 2.23. The molecule has 0 radical (unpaired) electrons. The topological polar surface area (TPSA) is 72.5 Å². The van der Waals surface area contributed by atoms with Crippen LogP contribution in [0.25, 0.3) is 0 Å². The maximum absolute atomic E-state index is 11.3. The highest BCUT2D eigenvalue weighted by molar-refractivity contribution is 5.85. The van der Waals surface area contributed by atoms with Gasteiger partial charge in [0.05, 0.1) is 13.0 Å². The lowest BCUT2D eigenvalue weighted by Crippen LogP contribution is -2.17. The SMILES string of the molecule is CCOC(=O)C[C@@H](N)c1cc(C)cc(C)c1O.Cl. The van der Waals surface area contributed by atoms with E-state index in [1.165, 1.54) is 0 Å². The van der Waals surface area contributed by atoms with Gasteiger partial charge < -0.3 is 15.6 Å². The molecule has 0 aromatic heterocycles. The van der Waals surface area contributed by atoms with Crippen molar-refractivity contribution < 1.29 is 14.6 Å². The summed E-state index contributed by atoms with van der Waals surface area (Å²) in [7, 11) is 0. The first-order valence-corrected chi connectivity index (χ1v) is 5.67. The highest BCUT2D eigenvalue weighted by Gasteiger charge is 2.17. The Morgan fingerprint density at radius 1 is 1.44 bits per heavy atom. The minimum absolute atomic E-state index is 0. The number of carbonyl (C=O) groups excluding carboxylic acids is 1. The third kappa shape index (κ3) is 4.20. The van der Waals surface area contributed by atoms with Crippen LogP contribution in [-0.2, 0) is 9.53 Å². The second-order valence-corrected chi connectivity index (χ2v) is 4.14. The minimum atomic E-state index is -0.535. The van der Waals surface area contributed by atoms with Crippen molar-refractivity contribution in [2.24, 2.45) is 5.73 Å². The molecule has 1 atom stereocenters. The number of phenolic OH excluding ortho intramolecular Hbond substituents is 1. The van der Waals surface area contributed by atoms with Crippen LogP contribution in [0, 0.1) is 13.8 Å². The number of ether oxygens (including phenoxy) is 1. The normalized spacial score (nSPS) is 11.6. The van der Waals surface area contributed by atoms with Gasteiger partial charge in [0.1, 0.15) is 5.75 Å². The molecule has 0 amide bonds. The van der Waals surface area contributed by atoms with Gasteiger partial charge >= 0.3 is 5.97 Å². The molecule has 102 valence electrons. The van der Waals surface area contributed by atoms with E-state index in [1.54, 1.807) is 13.0 Å². The van der Waals surface area contributed by atoms with Gasteiger partial charge in [-0.05, 0) is 26.3 Å². The van der Waals surface area contributed by atoms with Crippen molar-refractivity contribution in [3.05, 3.63) is 28.8 Å². The van der Waals surface area contributed by atoms with Crippen LogP contribution in [-0.4, -0.2) is 17.7 Å². The number of halogens is 1. The molecule has 1 aromatic carbocycles. The molecule has 0 fully saturated rings. The molecule has 0 bridgehead atoms. The Kier molecular flexibility index (Phi) is 6.73. The molecule has 0 aliphatic heterocycles. The van der Waals surface area contributed by atoms with Gasteiger partial charge in [-0.25, -0.2) is 0 Å². The number of nitrogens with two attached hydrogens (primary N) is 1. The summed E-state index contributed by atoms with van der Waals surface area (Å²) in [6.45, 7) is 5.82. The summed E-state index contributed by atoms with van der Waals surface area (Å²) in [4.78, 5) is 11.3. The Morgan fingerprint density at radius 2 is 2.06 bits per heavy atom. The number of hydrogen-bond donors (Lipinski definition) is 2. The zero-order valence-electron chi connectivity index (χ0n) is 10.9. The summed E-state index contributed by atoms with van der Waals surface area (Å²) in [5, 5.41) is 9.90. The van der Waals surface area contributed by atoms with Crippen LogP contribution in [0.15, 0.2) is 12.1 Å². The van der Waals surface area contributed by atoms with Crippen molar-refractivity contribution in [1.29, 1.82) is 0 Å². The molecular formula is C13H20ClNO3. The first-order chi connectivity index (χ1) is 7.95. The highest BCUT2D eigenvalue weighted by Crippen LogP contribution is 2.29. The van der Waals surface area contributed by atoms with E-state index in [-0.39, 0.29) is 30.5 Å². The lowest BCUT2D eigenvalue weighted by molar-refractivity contribution is -0.143. The Labute approximate surface area is 114 Å². The van der Waals surface area contributed by atoms with Gasteiger partial charge in [-0.1, -0.05) is 17.7 Å². The van der Waals surface area contributed by atoms with Crippen molar-refractivity contribution in [1.82, 2.24) is 0 Å². The van der Waals surface area contributed by atoms with Gasteiger partial charge in [-0.3, -0.25) is 4.79 Å². The summed E-state index contributed by atoms with van der Waals surface area (Å²) in [6.07, 6.45) is 0.0737. The molecule has 0 unspecified atom stereocenters.